The van der Waals surface area contributed by atoms with E-state index in [2.05, 4.69) is 10.2 Å². The number of nitrogens with zero attached hydrogens (tertiary/aromatic N) is 1. The fraction of sp³-hybridized carbons (Fsp3) is 0.429. The van der Waals surface area contributed by atoms with Crippen LogP contribution < -0.4 is 19.5 Å². The highest BCUT2D eigenvalue weighted by Crippen LogP contribution is 2.44. The van der Waals surface area contributed by atoms with Crippen molar-refractivity contribution in [2.24, 2.45) is 0 Å². The Morgan fingerprint density at radius 1 is 0.926 bits per heavy atom. The first-order valence-corrected chi connectivity index (χ1v) is 9.56. The predicted octanol–water partition coefficient (Wildman–Crippen LogP) is 3.75. The summed E-state index contributed by atoms with van der Waals surface area (Å²) in [6.45, 7) is 3.80. The normalized spacial score (nSPS) is 16.4. The van der Waals surface area contributed by atoms with E-state index in [1.54, 1.807) is 21.3 Å². The van der Waals surface area contributed by atoms with Gasteiger partial charge in [0.2, 0.25) is 0 Å². The summed E-state index contributed by atoms with van der Waals surface area (Å²) < 4.78 is 17.1. The number of rotatable bonds is 6. The summed E-state index contributed by atoms with van der Waals surface area (Å²) in [5.41, 5.74) is 2.00. The Labute approximate surface area is 166 Å². The second kappa shape index (κ2) is 9.31. The van der Waals surface area contributed by atoms with Gasteiger partial charge in [0.1, 0.15) is 17.2 Å². The van der Waals surface area contributed by atoms with Gasteiger partial charge in [-0.25, -0.2) is 0 Å². The largest absolute Gasteiger partial charge is 0.496 e. The van der Waals surface area contributed by atoms with E-state index in [-0.39, 0.29) is 6.04 Å². The van der Waals surface area contributed by atoms with E-state index < -0.39 is 0 Å². The minimum Gasteiger partial charge on any atom is -0.496 e. The van der Waals surface area contributed by atoms with Crippen molar-refractivity contribution in [3.05, 3.63) is 52.5 Å². The van der Waals surface area contributed by atoms with Crippen LogP contribution in [0, 0.1) is 0 Å². The third-order valence-electron chi connectivity index (χ3n) is 4.97. The van der Waals surface area contributed by atoms with Crippen LogP contribution >= 0.6 is 11.6 Å². The standard InChI is InChI=1S/C21H27ClN2O3/c1-25-17-9-8-15(22)14-16(17)21(24-12-5-10-23-11-13-24)20-18(26-2)6-4-7-19(20)27-3/h4,6-9,14,21,23H,5,10-13H2,1-3H3. The lowest BCUT2D eigenvalue weighted by Crippen LogP contribution is -2.33. The summed E-state index contributed by atoms with van der Waals surface area (Å²) in [6.07, 6.45) is 1.07. The molecule has 0 amide bonds. The molecule has 1 aliphatic rings. The van der Waals surface area contributed by atoms with E-state index in [1.165, 1.54) is 0 Å². The van der Waals surface area contributed by atoms with E-state index in [9.17, 15) is 0 Å². The molecule has 1 N–H and O–H groups in total. The zero-order chi connectivity index (χ0) is 19.2. The number of benzene rings is 2. The van der Waals surface area contributed by atoms with Crippen LogP contribution in [0.2, 0.25) is 5.02 Å². The Balaban J connectivity index is 2.22. The van der Waals surface area contributed by atoms with Crippen molar-refractivity contribution in [3.63, 3.8) is 0 Å². The molecular formula is C21H27ClN2O3. The minimum atomic E-state index is -0.0929. The summed E-state index contributed by atoms with van der Waals surface area (Å²) in [7, 11) is 5.07. The van der Waals surface area contributed by atoms with Gasteiger partial charge in [0.15, 0.2) is 0 Å². The number of ether oxygens (including phenoxy) is 3. The molecule has 0 aromatic heterocycles. The van der Waals surface area contributed by atoms with Crippen LogP contribution in [0.3, 0.4) is 0 Å². The molecule has 0 saturated carbocycles. The maximum Gasteiger partial charge on any atom is 0.127 e. The molecule has 1 saturated heterocycles. The molecule has 1 unspecified atom stereocenters. The summed E-state index contributed by atoms with van der Waals surface area (Å²) >= 11 is 6.37. The first-order chi connectivity index (χ1) is 13.2. The van der Waals surface area contributed by atoms with Gasteiger partial charge in [0, 0.05) is 30.2 Å². The summed E-state index contributed by atoms with van der Waals surface area (Å²) in [5.74, 6) is 2.38. The van der Waals surface area contributed by atoms with Crippen molar-refractivity contribution in [2.75, 3.05) is 47.5 Å². The topological polar surface area (TPSA) is 43.0 Å². The van der Waals surface area contributed by atoms with Gasteiger partial charge in [0.05, 0.1) is 32.9 Å². The van der Waals surface area contributed by atoms with Crippen LogP contribution in [0.1, 0.15) is 23.6 Å². The van der Waals surface area contributed by atoms with Crippen LogP contribution in [-0.4, -0.2) is 52.4 Å². The Morgan fingerprint density at radius 2 is 1.63 bits per heavy atom. The smallest absolute Gasteiger partial charge is 0.127 e. The highest BCUT2D eigenvalue weighted by molar-refractivity contribution is 6.30. The number of hydrogen-bond donors (Lipinski definition) is 1. The zero-order valence-electron chi connectivity index (χ0n) is 16.1. The number of nitrogens with one attached hydrogen (secondary N) is 1. The Morgan fingerprint density at radius 3 is 2.30 bits per heavy atom. The molecule has 1 atom stereocenters. The maximum absolute atomic E-state index is 6.37. The van der Waals surface area contributed by atoms with Crippen molar-refractivity contribution in [2.45, 2.75) is 12.5 Å². The van der Waals surface area contributed by atoms with Gasteiger partial charge < -0.3 is 19.5 Å². The molecule has 0 radical (unpaired) electrons. The lowest BCUT2D eigenvalue weighted by molar-refractivity contribution is 0.226. The van der Waals surface area contributed by atoms with Crippen LogP contribution in [0.5, 0.6) is 17.2 Å². The molecule has 0 bridgehead atoms. The van der Waals surface area contributed by atoms with Gasteiger partial charge in [-0.1, -0.05) is 17.7 Å². The first kappa shape index (κ1) is 19.8. The molecule has 5 nitrogen and oxygen atoms in total. The molecule has 2 aromatic carbocycles. The number of halogens is 1. The third-order valence-corrected chi connectivity index (χ3v) is 5.20. The molecule has 0 spiro atoms. The second-order valence-electron chi connectivity index (χ2n) is 6.50. The summed E-state index contributed by atoms with van der Waals surface area (Å²) in [4.78, 5) is 2.44. The highest BCUT2D eigenvalue weighted by Gasteiger charge is 2.31. The van der Waals surface area contributed by atoms with Gasteiger partial charge in [-0.05, 0) is 43.3 Å². The lowest BCUT2D eigenvalue weighted by atomic mass is 9.94. The van der Waals surface area contributed by atoms with Crippen LogP contribution in [0.15, 0.2) is 36.4 Å². The fourth-order valence-corrected chi connectivity index (χ4v) is 3.91. The zero-order valence-corrected chi connectivity index (χ0v) is 16.9. The third kappa shape index (κ3) is 4.32. The molecule has 146 valence electrons. The molecule has 6 heteroatoms. The molecule has 3 rings (SSSR count). The lowest BCUT2D eigenvalue weighted by Gasteiger charge is -2.33. The van der Waals surface area contributed by atoms with E-state index in [4.69, 9.17) is 25.8 Å². The van der Waals surface area contributed by atoms with E-state index >= 15 is 0 Å². The van der Waals surface area contributed by atoms with Gasteiger partial charge >= 0.3 is 0 Å². The van der Waals surface area contributed by atoms with Crippen LogP contribution in [0.4, 0.5) is 0 Å². The van der Waals surface area contributed by atoms with Gasteiger partial charge in [-0.3, -0.25) is 4.90 Å². The predicted molar refractivity (Wildman–Crippen MR) is 108 cm³/mol. The first-order valence-electron chi connectivity index (χ1n) is 9.18. The van der Waals surface area contributed by atoms with Gasteiger partial charge in [-0.2, -0.15) is 0 Å². The molecule has 27 heavy (non-hydrogen) atoms. The number of hydrogen-bond acceptors (Lipinski definition) is 5. The monoisotopic (exact) mass is 390 g/mol. The minimum absolute atomic E-state index is 0.0929. The molecule has 2 aromatic rings. The average molecular weight is 391 g/mol. The van der Waals surface area contributed by atoms with Gasteiger partial charge in [-0.15, -0.1) is 0 Å². The number of methoxy groups -OCH3 is 3. The average Bonchev–Trinajstić information content (AvgIpc) is 2.98. The Bertz CT molecular complexity index is 739. The Kier molecular flexibility index (Phi) is 6.83. The van der Waals surface area contributed by atoms with Crippen molar-refractivity contribution in [1.82, 2.24) is 10.2 Å². The van der Waals surface area contributed by atoms with Crippen molar-refractivity contribution in [3.8, 4) is 17.2 Å². The molecule has 1 aliphatic heterocycles. The van der Waals surface area contributed by atoms with Gasteiger partial charge in [0.25, 0.3) is 0 Å². The molecule has 1 fully saturated rings. The maximum atomic E-state index is 6.37. The quantitative estimate of drug-likeness (QED) is 0.813. The summed E-state index contributed by atoms with van der Waals surface area (Å²) in [6, 6.07) is 11.5. The Hall–Kier alpha value is -1.95. The molecule has 1 heterocycles. The second-order valence-corrected chi connectivity index (χ2v) is 6.94. The highest BCUT2D eigenvalue weighted by atomic mass is 35.5. The van der Waals surface area contributed by atoms with Crippen molar-refractivity contribution in [1.29, 1.82) is 0 Å². The van der Waals surface area contributed by atoms with E-state index in [1.807, 2.05) is 36.4 Å². The van der Waals surface area contributed by atoms with E-state index in [0.717, 1.165) is 61.0 Å². The van der Waals surface area contributed by atoms with Crippen molar-refractivity contribution < 1.29 is 14.2 Å². The molecular weight excluding hydrogens is 364 g/mol. The SMILES string of the molecule is COc1ccc(Cl)cc1C(c1c(OC)cccc1OC)N1CCCNCC1. The van der Waals surface area contributed by atoms with Crippen molar-refractivity contribution >= 4 is 11.6 Å². The molecule has 0 aliphatic carbocycles. The fourth-order valence-electron chi connectivity index (χ4n) is 3.73. The van der Waals surface area contributed by atoms with Crippen LogP contribution in [0.25, 0.3) is 0 Å². The van der Waals surface area contributed by atoms with E-state index in [0.29, 0.717) is 5.02 Å². The summed E-state index contributed by atoms with van der Waals surface area (Å²) in [5, 5.41) is 4.15. The van der Waals surface area contributed by atoms with Crippen LogP contribution in [-0.2, 0) is 0 Å².